The van der Waals surface area contributed by atoms with Gasteiger partial charge in [-0.1, -0.05) is 11.6 Å². The normalized spacial score (nSPS) is 14.4. The van der Waals surface area contributed by atoms with Crippen LogP contribution in [0.3, 0.4) is 0 Å². The molecular formula is C21H22ClN3O3. The summed E-state index contributed by atoms with van der Waals surface area (Å²) in [6.07, 6.45) is 4.72. The molecule has 0 saturated heterocycles. The van der Waals surface area contributed by atoms with Crippen LogP contribution in [0.4, 0.5) is 5.95 Å². The molecule has 1 saturated carbocycles. The van der Waals surface area contributed by atoms with Crippen molar-refractivity contribution >= 4 is 34.5 Å². The number of hydrogen-bond acceptors (Lipinski definition) is 4. The Labute approximate surface area is 168 Å². The molecule has 1 N–H and O–H groups in total. The van der Waals surface area contributed by atoms with E-state index in [-0.39, 0.29) is 12.0 Å². The first kappa shape index (κ1) is 18.6. The maximum absolute atomic E-state index is 12.7. The number of methoxy groups -OCH3 is 1. The van der Waals surface area contributed by atoms with Gasteiger partial charge in [0, 0.05) is 17.6 Å². The minimum absolute atomic E-state index is 0.223. The molecule has 0 bridgehead atoms. The van der Waals surface area contributed by atoms with Gasteiger partial charge in [0.1, 0.15) is 0 Å². The number of amides is 1. The zero-order valence-electron chi connectivity index (χ0n) is 15.9. The van der Waals surface area contributed by atoms with Crippen LogP contribution in [0.2, 0.25) is 5.02 Å². The van der Waals surface area contributed by atoms with Gasteiger partial charge in [-0.05, 0) is 62.1 Å². The summed E-state index contributed by atoms with van der Waals surface area (Å²) >= 11 is 6.03. The molecule has 1 fully saturated rings. The van der Waals surface area contributed by atoms with Gasteiger partial charge in [0.25, 0.3) is 5.91 Å². The fourth-order valence-corrected chi connectivity index (χ4v) is 3.72. The second-order valence-corrected chi connectivity index (χ2v) is 7.41. The minimum Gasteiger partial charge on any atom is -0.493 e. The van der Waals surface area contributed by atoms with Crippen molar-refractivity contribution in [1.82, 2.24) is 9.55 Å². The molecule has 1 aromatic heterocycles. The van der Waals surface area contributed by atoms with E-state index in [1.807, 2.05) is 17.7 Å². The zero-order chi connectivity index (χ0) is 19.7. The Balaban J connectivity index is 1.55. The average Bonchev–Trinajstić information content (AvgIpc) is 3.30. The lowest BCUT2D eigenvalue weighted by atomic mass is 10.2. The van der Waals surface area contributed by atoms with E-state index < -0.39 is 0 Å². The fraction of sp³-hybridized carbons (Fsp3) is 0.333. The Morgan fingerprint density at radius 2 is 1.96 bits per heavy atom. The van der Waals surface area contributed by atoms with E-state index >= 15 is 0 Å². The number of nitrogens with one attached hydrogen (secondary N) is 1. The average molecular weight is 400 g/mol. The van der Waals surface area contributed by atoms with Gasteiger partial charge in [0.15, 0.2) is 11.5 Å². The van der Waals surface area contributed by atoms with Gasteiger partial charge < -0.3 is 14.0 Å². The van der Waals surface area contributed by atoms with Crippen LogP contribution in [-0.4, -0.2) is 28.7 Å². The van der Waals surface area contributed by atoms with E-state index in [2.05, 4.69) is 10.3 Å². The summed E-state index contributed by atoms with van der Waals surface area (Å²) in [5, 5.41) is 3.46. The van der Waals surface area contributed by atoms with Gasteiger partial charge in [-0.2, -0.15) is 0 Å². The van der Waals surface area contributed by atoms with Gasteiger partial charge in [-0.25, -0.2) is 4.98 Å². The van der Waals surface area contributed by atoms with E-state index in [1.54, 1.807) is 37.4 Å². The third-order valence-electron chi connectivity index (χ3n) is 5.09. The summed E-state index contributed by atoms with van der Waals surface area (Å²) in [7, 11) is 3.42. The molecule has 1 aliphatic carbocycles. The lowest BCUT2D eigenvalue weighted by Crippen LogP contribution is -2.16. The number of halogens is 1. The van der Waals surface area contributed by atoms with Crippen molar-refractivity contribution in [3.8, 4) is 11.5 Å². The molecule has 28 heavy (non-hydrogen) atoms. The molecule has 1 amide bonds. The van der Waals surface area contributed by atoms with E-state index in [1.165, 1.54) is 12.8 Å². The maximum Gasteiger partial charge on any atom is 0.258 e. The SMILES string of the molecule is COc1cc(C(=O)Nc2nc3cc(Cl)ccc3n2C)ccc1OC1CCCC1. The Morgan fingerprint density at radius 1 is 1.18 bits per heavy atom. The molecule has 0 atom stereocenters. The van der Waals surface area contributed by atoms with Crippen molar-refractivity contribution in [2.24, 2.45) is 7.05 Å². The second kappa shape index (κ2) is 7.72. The number of hydrogen-bond donors (Lipinski definition) is 1. The van der Waals surface area contributed by atoms with Crippen LogP contribution < -0.4 is 14.8 Å². The Hall–Kier alpha value is -2.73. The van der Waals surface area contributed by atoms with Crippen LogP contribution in [0.15, 0.2) is 36.4 Å². The number of benzene rings is 2. The number of ether oxygens (including phenoxy) is 2. The molecule has 0 spiro atoms. The van der Waals surface area contributed by atoms with Crippen LogP contribution in [-0.2, 0) is 7.05 Å². The van der Waals surface area contributed by atoms with Crippen molar-refractivity contribution in [2.75, 3.05) is 12.4 Å². The Bertz CT molecular complexity index is 1030. The highest BCUT2D eigenvalue weighted by Crippen LogP contribution is 2.32. The largest absolute Gasteiger partial charge is 0.493 e. The van der Waals surface area contributed by atoms with Crippen LogP contribution in [0.1, 0.15) is 36.0 Å². The summed E-state index contributed by atoms with van der Waals surface area (Å²) in [4.78, 5) is 17.2. The van der Waals surface area contributed by atoms with Gasteiger partial charge in [-0.15, -0.1) is 0 Å². The van der Waals surface area contributed by atoms with E-state index in [4.69, 9.17) is 21.1 Å². The van der Waals surface area contributed by atoms with Crippen LogP contribution >= 0.6 is 11.6 Å². The molecule has 146 valence electrons. The third-order valence-corrected chi connectivity index (χ3v) is 5.32. The molecule has 2 aromatic carbocycles. The molecular weight excluding hydrogens is 378 g/mol. The first-order valence-corrected chi connectivity index (χ1v) is 9.71. The number of nitrogens with zero attached hydrogens (tertiary/aromatic N) is 2. The number of fused-ring (bicyclic) bond motifs is 1. The lowest BCUT2D eigenvalue weighted by Gasteiger charge is -2.16. The molecule has 7 heteroatoms. The molecule has 1 aliphatic rings. The quantitative estimate of drug-likeness (QED) is 0.668. The van der Waals surface area contributed by atoms with E-state index in [0.29, 0.717) is 28.0 Å². The van der Waals surface area contributed by atoms with Crippen LogP contribution in [0.5, 0.6) is 11.5 Å². The van der Waals surface area contributed by atoms with Crippen molar-refractivity contribution in [3.63, 3.8) is 0 Å². The standard InChI is InChI=1S/C21H22ClN3O3/c1-25-17-9-8-14(22)12-16(17)23-21(25)24-20(26)13-7-10-18(19(11-13)27-2)28-15-5-3-4-6-15/h7-12,15H,3-6H2,1-2H3,(H,23,24,26). The Morgan fingerprint density at radius 3 is 2.71 bits per heavy atom. The molecule has 1 heterocycles. The van der Waals surface area contributed by atoms with Crippen LogP contribution in [0.25, 0.3) is 11.0 Å². The van der Waals surface area contributed by atoms with Crippen molar-refractivity contribution in [2.45, 2.75) is 31.8 Å². The van der Waals surface area contributed by atoms with Gasteiger partial charge in [0.2, 0.25) is 5.95 Å². The monoisotopic (exact) mass is 399 g/mol. The number of carbonyl (C=O) groups is 1. The smallest absolute Gasteiger partial charge is 0.258 e. The zero-order valence-corrected chi connectivity index (χ0v) is 16.6. The summed E-state index contributed by atoms with van der Waals surface area (Å²) in [6.45, 7) is 0. The van der Waals surface area contributed by atoms with Gasteiger partial charge in [-0.3, -0.25) is 10.1 Å². The summed E-state index contributed by atoms with van der Waals surface area (Å²) in [5.41, 5.74) is 2.08. The molecule has 0 unspecified atom stereocenters. The lowest BCUT2D eigenvalue weighted by molar-refractivity contribution is 0.102. The van der Waals surface area contributed by atoms with Crippen molar-refractivity contribution in [3.05, 3.63) is 47.0 Å². The number of anilines is 1. The number of carbonyl (C=O) groups excluding carboxylic acids is 1. The van der Waals surface area contributed by atoms with Crippen molar-refractivity contribution in [1.29, 1.82) is 0 Å². The molecule has 6 nitrogen and oxygen atoms in total. The van der Waals surface area contributed by atoms with Gasteiger partial charge >= 0.3 is 0 Å². The Kier molecular flexibility index (Phi) is 5.13. The molecule has 0 radical (unpaired) electrons. The molecule has 0 aliphatic heterocycles. The first-order valence-electron chi connectivity index (χ1n) is 9.33. The molecule has 3 aromatic rings. The van der Waals surface area contributed by atoms with Crippen LogP contribution in [0, 0.1) is 0 Å². The number of aryl methyl sites for hydroxylation is 1. The first-order chi connectivity index (χ1) is 13.5. The maximum atomic E-state index is 12.7. The predicted molar refractivity (Wildman–Crippen MR) is 110 cm³/mol. The number of imidazole rings is 1. The summed E-state index contributed by atoms with van der Waals surface area (Å²) in [5.74, 6) is 1.40. The molecule has 4 rings (SSSR count). The highest BCUT2D eigenvalue weighted by Gasteiger charge is 2.20. The van der Waals surface area contributed by atoms with E-state index in [0.717, 1.165) is 23.9 Å². The number of rotatable bonds is 5. The minimum atomic E-state index is -0.268. The highest BCUT2D eigenvalue weighted by atomic mass is 35.5. The fourth-order valence-electron chi connectivity index (χ4n) is 3.55. The topological polar surface area (TPSA) is 65.4 Å². The third kappa shape index (κ3) is 3.64. The predicted octanol–water partition coefficient (Wildman–Crippen LogP) is 4.81. The highest BCUT2D eigenvalue weighted by molar-refractivity contribution is 6.31. The summed E-state index contributed by atoms with van der Waals surface area (Å²) in [6, 6.07) is 10.7. The van der Waals surface area contributed by atoms with Gasteiger partial charge in [0.05, 0.1) is 24.2 Å². The second-order valence-electron chi connectivity index (χ2n) is 6.97. The number of aromatic nitrogens is 2. The summed E-state index contributed by atoms with van der Waals surface area (Å²) < 4.78 is 13.3. The van der Waals surface area contributed by atoms with Crippen molar-refractivity contribution < 1.29 is 14.3 Å². The van der Waals surface area contributed by atoms with E-state index in [9.17, 15) is 4.79 Å².